The van der Waals surface area contributed by atoms with Crippen LogP contribution in [0.2, 0.25) is 0 Å². The molecule has 0 spiro atoms. The highest BCUT2D eigenvalue weighted by atomic mass is 31.2. The summed E-state index contributed by atoms with van der Waals surface area (Å²) in [5, 5.41) is 68.1. The lowest BCUT2D eigenvalue weighted by Crippen LogP contribution is -2.30. The van der Waals surface area contributed by atoms with Crippen LogP contribution in [0.15, 0.2) is 36.4 Å². The van der Waals surface area contributed by atoms with Gasteiger partial charge in [0.1, 0.15) is 7.85 Å². The van der Waals surface area contributed by atoms with Gasteiger partial charge in [-0.2, -0.15) is 13.2 Å². The Morgan fingerprint density at radius 1 is 0.909 bits per heavy atom. The summed E-state index contributed by atoms with van der Waals surface area (Å²) >= 11 is 0. The van der Waals surface area contributed by atoms with Gasteiger partial charge in [0.2, 0.25) is 0 Å². The lowest BCUT2D eigenvalue weighted by Gasteiger charge is -2.29. The molecule has 0 saturated carbocycles. The molecule has 17 heteroatoms. The third-order valence-electron chi connectivity index (χ3n) is 5.37. The summed E-state index contributed by atoms with van der Waals surface area (Å²) in [5.74, 6) is -11.5. The average molecular weight is 493 g/mol. The number of benzene rings is 2. The molecule has 2 saturated heterocycles. The third kappa shape index (κ3) is 3.15. The highest BCUT2D eigenvalue weighted by Gasteiger charge is 2.91. The maximum atomic E-state index is 14.1. The molecular formula is C16H16BF3N3O9P. The lowest BCUT2D eigenvalue weighted by molar-refractivity contribution is -0.207. The van der Waals surface area contributed by atoms with Crippen LogP contribution in [-0.2, 0) is 9.09 Å². The van der Waals surface area contributed by atoms with Crippen molar-refractivity contribution < 1.29 is 58.0 Å². The summed E-state index contributed by atoms with van der Waals surface area (Å²) in [4.78, 5) is 0. The Hall–Kier alpha value is -1.82. The number of alkyl halides is 3. The maximum absolute atomic E-state index is 14.1. The molecule has 0 bridgehead atoms. The predicted molar refractivity (Wildman–Crippen MR) is 102 cm³/mol. The molecule has 33 heavy (non-hydrogen) atoms. The zero-order valence-electron chi connectivity index (χ0n) is 16.1. The number of nitrogen functional groups attached to an aromatic ring is 1. The predicted octanol–water partition coefficient (Wildman–Crippen LogP) is -1.49. The smallest absolute Gasteiger partial charge is 0.398 e. The van der Waals surface area contributed by atoms with Crippen molar-refractivity contribution in [3.63, 3.8) is 0 Å². The van der Waals surface area contributed by atoms with E-state index >= 15 is 0 Å². The van der Waals surface area contributed by atoms with E-state index in [-0.39, 0.29) is 16.5 Å². The van der Waals surface area contributed by atoms with Gasteiger partial charge in [0.15, 0.2) is 11.7 Å². The minimum absolute atomic E-state index is 0.0749. The fraction of sp³-hybridized carbons (Fsp3) is 0.375. The Balaban J connectivity index is 1.90. The molecule has 4 rings (SSSR count). The van der Waals surface area contributed by atoms with Crippen LogP contribution < -0.4 is 5.73 Å². The molecule has 4 atom stereocenters. The summed E-state index contributed by atoms with van der Waals surface area (Å²) in [6.07, 6.45) is -8.62. The summed E-state index contributed by atoms with van der Waals surface area (Å²) in [5.41, 5.74) is 1.71. The minimum atomic E-state index is -5.99. The van der Waals surface area contributed by atoms with Crippen molar-refractivity contribution in [2.24, 2.45) is 0 Å². The van der Waals surface area contributed by atoms with E-state index in [4.69, 9.17) is 13.6 Å². The van der Waals surface area contributed by atoms with Crippen LogP contribution in [0.5, 0.6) is 0 Å². The van der Waals surface area contributed by atoms with Gasteiger partial charge in [-0.15, -0.1) is 4.67 Å². The van der Waals surface area contributed by atoms with Crippen molar-refractivity contribution in [3.05, 3.63) is 42.0 Å². The molecule has 9 N–H and O–H groups in total. The summed E-state index contributed by atoms with van der Waals surface area (Å²) in [7, 11) is -0.866. The third-order valence-corrected chi connectivity index (χ3v) is 8.01. The van der Waals surface area contributed by atoms with Crippen molar-refractivity contribution in [2.45, 2.75) is 35.6 Å². The molecule has 0 aliphatic carbocycles. The molecule has 2 aromatic carbocycles. The zero-order valence-corrected chi connectivity index (χ0v) is 17.0. The molecule has 0 aromatic heterocycles. The molecule has 2 aromatic rings. The van der Waals surface area contributed by atoms with Gasteiger partial charge in [-0.3, -0.25) is 9.09 Å². The standard InChI is InChI=1S/C16H16BF3N3O9P/c17-13(24)14(25,26)22(13)33(31,23-15(27,28)16(23,29)30)32-11(12(18,19)20)9-5-6-10(21)8-4-2-1-3-7(8)9/h1-6,11,24-30H,21H2/t11-,13?,22?,33?/m0/s1. The van der Waals surface area contributed by atoms with E-state index in [2.05, 4.69) is 4.52 Å². The van der Waals surface area contributed by atoms with Gasteiger partial charge in [0.25, 0.3) is 5.91 Å². The molecule has 0 amide bonds. The van der Waals surface area contributed by atoms with Gasteiger partial charge in [0.05, 0.1) is 0 Å². The van der Waals surface area contributed by atoms with E-state index in [0.717, 1.165) is 12.1 Å². The van der Waals surface area contributed by atoms with Crippen LogP contribution in [0, 0.1) is 0 Å². The van der Waals surface area contributed by atoms with E-state index in [1.54, 1.807) is 0 Å². The van der Waals surface area contributed by atoms with Gasteiger partial charge in [-0.05, 0) is 17.0 Å². The molecular weight excluding hydrogens is 477 g/mol. The molecule has 3 unspecified atom stereocenters. The van der Waals surface area contributed by atoms with Gasteiger partial charge in [0, 0.05) is 11.1 Å². The molecule has 2 heterocycles. The normalized spacial score (nSPS) is 30.5. The Morgan fingerprint density at radius 2 is 1.39 bits per heavy atom. The molecule has 12 nitrogen and oxygen atoms in total. The SMILES string of the molecule is [B]C1(O)N(P(=O)(O[C@@H](c2ccc(N)c3ccccc23)C(F)(F)F)N2C(O)(O)C2(O)O)C1(O)O. The number of hydrogen-bond acceptors (Lipinski definition) is 10. The Labute approximate surface area is 183 Å². The number of nitrogens with two attached hydrogens (primary N) is 1. The largest absolute Gasteiger partial charge is 0.419 e. The van der Waals surface area contributed by atoms with E-state index in [1.807, 2.05) is 0 Å². The van der Waals surface area contributed by atoms with Crippen molar-refractivity contribution >= 4 is 32.0 Å². The Kier molecular flexibility index (Phi) is 4.90. The monoisotopic (exact) mass is 493 g/mol. The Bertz CT molecular complexity index is 1130. The number of anilines is 1. The van der Waals surface area contributed by atoms with Crippen LogP contribution in [0.1, 0.15) is 11.7 Å². The molecule has 178 valence electrons. The Morgan fingerprint density at radius 3 is 1.82 bits per heavy atom. The average Bonchev–Trinajstić information content (AvgIpc) is 3.29. The number of hydrogen-bond donors (Lipinski definition) is 8. The van der Waals surface area contributed by atoms with E-state index in [0.29, 0.717) is 0 Å². The first-order valence-corrected chi connectivity index (χ1v) is 10.5. The van der Waals surface area contributed by atoms with Crippen LogP contribution >= 0.6 is 7.67 Å². The van der Waals surface area contributed by atoms with Crippen LogP contribution in [0.4, 0.5) is 18.9 Å². The second-order valence-electron chi connectivity index (χ2n) is 7.56. The van der Waals surface area contributed by atoms with E-state index in [9.17, 15) is 53.5 Å². The fourth-order valence-electron chi connectivity index (χ4n) is 3.54. The van der Waals surface area contributed by atoms with Crippen LogP contribution in [-0.4, -0.2) is 82.5 Å². The topological polar surface area (TPSA) is 200 Å². The first-order valence-electron chi connectivity index (χ1n) is 8.92. The van der Waals surface area contributed by atoms with E-state index < -0.39 is 58.2 Å². The molecule has 2 aliphatic rings. The molecule has 2 aliphatic heterocycles. The first kappa shape index (κ1) is 24.3. The quantitative estimate of drug-likeness (QED) is 0.0791. The van der Waals surface area contributed by atoms with Gasteiger partial charge in [-0.1, -0.05) is 35.0 Å². The number of aliphatic hydroxyl groups is 7. The van der Waals surface area contributed by atoms with E-state index in [1.165, 1.54) is 24.3 Å². The van der Waals surface area contributed by atoms with Crippen molar-refractivity contribution in [1.82, 2.24) is 9.34 Å². The highest BCUT2D eigenvalue weighted by molar-refractivity contribution is 7.55. The summed E-state index contributed by atoms with van der Waals surface area (Å²) < 4.78 is 59.3. The van der Waals surface area contributed by atoms with Crippen molar-refractivity contribution in [3.8, 4) is 0 Å². The first-order chi connectivity index (χ1) is 14.8. The molecule has 2 radical (unpaired) electrons. The van der Waals surface area contributed by atoms with Crippen LogP contribution in [0.25, 0.3) is 10.8 Å². The molecule has 2 fully saturated rings. The number of nitrogens with zero attached hydrogens (tertiary/aromatic N) is 2. The maximum Gasteiger partial charge on any atom is 0.419 e. The number of fused-ring (bicyclic) bond motifs is 1. The number of rotatable bonds is 5. The van der Waals surface area contributed by atoms with Gasteiger partial charge in [-0.25, -0.2) is 0 Å². The number of halogens is 3. The second kappa shape index (κ2) is 6.65. The fourth-order valence-corrected chi connectivity index (χ4v) is 6.32. The summed E-state index contributed by atoms with van der Waals surface area (Å²) in [6.45, 7) is 0. The van der Waals surface area contributed by atoms with Gasteiger partial charge >= 0.3 is 25.7 Å². The van der Waals surface area contributed by atoms with Crippen molar-refractivity contribution in [1.29, 1.82) is 0 Å². The van der Waals surface area contributed by atoms with Gasteiger partial charge < -0.3 is 41.5 Å². The minimum Gasteiger partial charge on any atom is -0.398 e. The zero-order chi connectivity index (χ0) is 25.0. The highest BCUT2D eigenvalue weighted by Crippen LogP contribution is 2.78. The van der Waals surface area contributed by atoms with Crippen molar-refractivity contribution in [2.75, 3.05) is 5.73 Å². The lowest BCUT2D eigenvalue weighted by atomic mass is 9.99. The summed E-state index contributed by atoms with van der Waals surface area (Å²) in [6, 6.07) is 7.36. The second-order valence-corrected chi connectivity index (χ2v) is 9.56. The van der Waals surface area contributed by atoms with Crippen LogP contribution in [0.3, 0.4) is 0 Å².